The minimum Gasteiger partial charge on any atom is -0.370 e. The molecule has 1 N–H and O–H groups in total. The number of aryl methyl sites for hydroxylation is 1. The molecular weight excluding hydrogens is 280 g/mol. The molecule has 0 aliphatic rings. The summed E-state index contributed by atoms with van der Waals surface area (Å²) in [5.74, 6) is -0.329. The van der Waals surface area contributed by atoms with E-state index >= 15 is 0 Å². The monoisotopic (exact) mass is 295 g/mol. The Balaban J connectivity index is 2.19. The van der Waals surface area contributed by atoms with Gasteiger partial charge in [0, 0.05) is 17.5 Å². The zero-order valence-electron chi connectivity index (χ0n) is 11.3. The van der Waals surface area contributed by atoms with Gasteiger partial charge in [0.15, 0.2) is 11.6 Å². The van der Waals surface area contributed by atoms with Crippen molar-refractivity contribution in [1.82, 2.24) is 9.97 Å². The van der Waals surface area contributed by atoms with E-state index in [1.165, 1.54) is 17.8 Å². The summed E-state index contributed by atoms with van der Waals surface area (Å²) < 4.78 is 26.1. The van der Waals surface area contributed by atoms with E-state index in [0.29, 0.717) is 15.7 Å². The van der Waals surface area contributed by atoms with Crippen LogP contribution in [0, 0.1) is 18.6 Å². The van der Waals surface area contributed by atoms with Crippen molar-refractivity contribution in [2.24, 2.45) is 0 Å². The summed E-state index contributed by atoms with van der Waals surface area (Å²) in [5, 5.41) is 3.88. The number of hydrogen-bond donors (Lipinski definition) is 1. The number of benzene rings is 1. The Bertz CT molecular complexity index is 605. The van der Waals surface area contributed by atoms with Gasteiger partial charge in [-0.2, -0.15) is 0 Å². The third-order valence-corrected chi connectivity index (χ3v) is 3.39. The van der Waals surface area contributed by atoms with Crippen LogP contribution in [0.3, 0.4) is 0 Å². The fraction of sp³-hybridized carbons (Fsp3) is 0.286. The third kappa shape index (κ3) is 3.90. The predicted octanol–water partition coefficient (Wildman–Crippen LogP) is 4.04. The van der Waals surface area contributed by atoms with Crippen molar-refractivity contribution >= 4 is 17.6 Å². The molecule has 0 bridgehead atoms. The molecule has 2 aromatic rings. The first-order valence-corrected chi connectivity index (χ1v) is 7.12. The van der Waals surface area contributed by atoms with Crippen molar-refractivity contribution < 1.29 is 8.78 Å². The van der Waals surface area contributed by atoms with Crippen LogP contribution < -0.4 is 5.32 Å². The van der Waals surface area contributed by atoms with E-state index in [1.807, 2.05) is 0 Å². The maximum absolute atomic E-state index is 13.2. The molecule has 106 valence electrons. The number of halogens is 2. The lowest BCUT2D eigenvalue weighted by atomic mass is 10.3. The molecule has 0 spiro atoms. The van der Waals surface area contributed by atoms with Crippen LogP contribution in [0.5, 0.6) is 0 Å². The van der Waals surface area contributed by atoms with Gasteiger partial charge >= 0.3 is 0 Å². The molecule has 1 heterocycles. The molecule has 0 aliphatic heterocycles. The van der Waals surface area contributed by atoms with Gasteiger partial charge in [0.05, 0.1) is 0 Å². The molecule has 0 saturated carbocycles. The summed E-state index contributed by atoms with van der Waals surface area (Å²) in [6, 6.07) is 5.60. The predicted molar refractivity (Wildman–Crippen MR) is 76.0 cm³/mol. The average Bonchev–Trinajstić information content (AvgIpc) is 2.40. The molecule has 0 fully saturated rings. The van der Waals surface area contributed by atoms with Gasteiger partial charge in [0.1, 0.15) is 16.7 Å². The summed E-state index contributed by atoms with van der Waals surface area (Å²) >= 11 is 1.27. The number of rotatable bonds is 5. The molecule has 2 rings (SSSR count). The van der Waals surface area contributed by atoms with E-state index in [9.17, 15) is 8.78 Å². The molecule has 6 heteroatoms. The first kappa shape index (κ1) is 14.7. The minimum atomic E-state index is -0.856. The van der Waals surface area contributed by atoms with E-state index in [-0.39, 0.29) is 0 Å². The highest BCUT2D eigenvalue weighted by molar-refractivity contribution is 7.99. The topological polar surface area (TPSA) is 37.8 Å². The first-order chi connectivity index (χ1) is 9.58. The third-order valence-electron chi connectivity index (χ3n) is 2.48. The fourth-order valence-electron chi connectivity index (χ4n) is 1.60. The number of hydrogen-bond acceptors (Lipinski definition) is 4. The molecule has 0 unspecified atom stereocenters. The Labute approximate surface area is 120 Å². The SMILES string of the molecule is CCCNc1cc(Sc2ccc(F)c(F)c2)nc(C)n1. The lowest BCUT2D eigenvalue weighted by molar-refractivity contribution is 0.506. The van der Waals surface area contributed by atoms with Crippen molar-refractivity contribution in [2.75, 3.05) is 11.9 Å². The lowest BCUT2D eigenvalue weighted by Gasteiger charge is -2.07. The van der Waals surface area contributed by atoms with Crippen LogP contribution in [0.4, 0.5) is 14.6 Å². The Hall–Kier alpha value is -1.69. The second-order valence-corrected chi connectivity index (χ2v) is 5.34. The summed E-state index contributed by atoms with van der Waals surface area (Å²) in [6.07, 6.45) is 0.995. The maximum atomic E-state index is 13.2. The van der Waals surface area contributed by atoms with E-state index in [0.717, 1.165) is 30.9 Å². The summed E-state index contributed by atoms with van der Waals surface area (Å²) in [6.45, 7) is 4.69. The Morgan fingerprint density at radius 2 is 1.95 bits per heavy atom. The molecule has 1 aromatic heterocycles. The highest BCUT2D eigenvalue weighted by Crippen LogP contribution is 2.28. The number of aromatic nitrogens is 2. The molecule has 0 saturated heterocycles. The van der Waals surface area contributed by atoms with Crippen LogP contribution in [0.2, 0.25) is 0 Å². The van der Waals surface area contributed by atoms with Crippen LogP contribution in [0.15, 0.2) is 34.2 Å². The Morgan fingerprint density at radius 3 is 2.65 bits per heavy atom. The largest absolute Gasteiger partial charge is 0.370 e. The minimum absolute atomic E-state index is 0.600. The smallest absolute Gasteiger partial charge is 0.159 e. The van der Waals surface area contributed by atoms with Gasteiger partial charge in [0.25, 0.3) is 0 Å². The van der Waals surface area contributed by atoms with Crippen molar-refractivity contribution in [3.63, 3.8) is 0 Å². The van der Waals surface area contributed by atoms with Crippen molar-refractivity contribution in [3.8, 4) is 0 Å². The van der Waals surface area contributed by atoms with Gasteiger partial charge in [-0.1, -0.05) is 18.7 Å². The van der Waals surface area contributed by atoms with Crippen LogP contribution in [-0.4, -0.2) is 16.5 Å². The van der Waals surface area contributed by atoms with Gasteiger partial charge in [-0.05, 0) is 31.5 Å². The zero-order chi connectivity index (χ0) is 14.5. The van der Waals surface area contributed by atoms with Crippen molar-refractivity contribution in [2.45, 2.75) is 30.2 Å². The van der Waals surface area contributed by atoms with Gasteiger partial charge in [-0.3, -0.25) is 0 Å². The Morgan fingerprint density at radius 1 is 1.15 bits per heavy atom. The standard InChI is InChI=1S/C14H15F2N3S/c1-3-6-17-13-8-14(19-9(2)18-13)20-10-4-5-11(15)12(16)7-10/h4-5,7-8H,3,6H2,1-2H3,(H,17,18,19). The molecule has 0 radical (unpaired) electrons. The van der Waals surface area contributed by atoms with Crippen LogP contribution in [0.25, 0.3) is 0 Å². The van der Waals surface area contributed by atoms with Crippen molar-refractivity contribution in [3.05, 3.63) is 41.7 Å². The quantitative estimate of drug-likeness (QED) is 0.845. The van der Waals surface area contributed by atoms with Crippen LogP contribution >= 0.6 is 11.8 Å². The Kier molecular flexibility index (Phi) is 4.89. The van der Waals surface area contributed by atoms with Gasteiger partial charge in [-0.25, -0.2) is 18.7 Å². The normalized spacial score (nSPS) is 10.6. The number of anilines is 1. The van der Waals surface area contributed by atoms with Crippen molar-refractivity contribution in [1.29, 1.82) is 0 Å². The fourth-order valence-corrected chi connectivity index (χ4v) is 2.49. The first-order valence-electron chi connectivity index (χ1n) is 6.31. The maximum Gasteiger partial charge on any atom is 0.159 e. The summed E-state index contributed by atoms with van der Waals surface area (Å²) in [7, 11) is 0. The van der Waals surface area contributed by atoms with Crippen LogP contribution in [-0.2, 0) is 0 Å². The average molecular weight is 295 g/mol. The molecule has 3 nitrogen and oxygen atoms in total. The molecule has 1 aromatic carbocycles. The molecule has 0 atom stereocenters. The van der Waals surface area contributed by atoms with Gasteiger partial charge in [-0.15, -0.1) is 0 Å². The van der Waals surface area contributed by atoms with E-state index in [1.54, 1.807) is 13.0 Å². The second kappa shape index (κ2) is 6.65. The van der Waals surface area contributed by atoms with Gasteiger partial charge in [0.2, 0.25) is 0 Å². The zero-order valence-corrected chi connectivity index (χ0v) is 12.1. The second-order valence-electron chi connectivity index (χ2n) is 4.24. The molecule has 0 amide bonds. The number of nitrogens with one attached hydrogen (secondary N) is 1. The molecule has 0 aliphatic carbocycles. The highest BCUT2D eigenvalue weighted by Gasteiger charge is 2.07. The number of nitrogens with zero attached hydrogens (tertiary/aromatic N) is 2. The van der Waals surface area contributed by atoms with E-state index in [4.69, 9.17) is 0 Å². The molecular formula is C14H15F2N3S. The van der Waals surface area contributed by atoms with E-state index in [2.05, 4.69) is 22.2 Å². The van der Waals surface area contributed by atoms with Gasteiger partial charge < -0.3 is 5.32 Å². The summed E-state index contributed by atoms with van der Waals surface area (Å²) in [5.41, 5.74) is 0. The van der Waals surface area contributed by atoms with Crippen LogP contribution in [0.1, 0.15) is 19.2 Å². The lowest BCUT2D eigenvalue weighted by Crippen LogP contribution is -2.04. The molecule has 20 heavy (non-hydrogen) atoms. The highest BCUT2D eigenvalue weighted by atomic mass is 32.2. The summed E-state index contributed by atoms with van der Waals surface area (Å²) in [4.78, 5) is 9.16. The van der Waals surface area contributed by atoms with E-state index < -0.39 is 11.6 Å².